The lowest BCUT2D eigenvalue weighted by Crippen LogP contribution is -2.19. The van der Waals surface area contributed by atoms with Crippen LogP contribution in [0.25, 0.3) is 0 Å². The second-order valence-corrected chi connectivity index (χ2v) is 3.74. The monoisotopic (exact) mass is 246 g/mol. The first-order chi connectivity index (χ1) is 8.81. The topological polar surface area (TPSA) is 96.7 Å². The summed E-state index contributed by atoms with van der Waals surface area (Å²) in [5.41, 5.74) is 8.11. The van der Waals surface area contributed by atoms with Gasteiger partial charge in [-0.05, 0) is 5.56 Å². The summed E-state index contributed by atoms with van der Waals surface area (Å²) >= 11 is 0. The molecule has 6 heteroatoms. The van der Waals surface area contributed by atoms with E-state index in [-0.39, 0.29) is 5.84 Å². The number of nitrogens with zero attached hydrogens (tertiary/aromatic N) is 2. The molecule has 1 heterocycles. The summed E-state index contributed by atoms with van der Waals surface area (Å²) in [5.74, 6) is 0.105. The summed E-state index contributed by atoms with van der Waals surface area (Å²) in [6, 6.07) is 9.27. The van der Waals surface area contributed by atoms with Crippen LogP contribution in [0.1, 0.15) is 16.8 Å². The van der Waals surface area contributed by atoms with Crippen LogP contribution in [0.5, 0.6) is 0 Å². The Labute approximate surface area is 104 Å². The Morgan fingerprint density at radius 2 is 2.17 bits per heavy atom. The van der Waals surface area contributed by atoms with Crippen molar-refractivity contribution in [2.45, 2.75) is 13.1 Å². The van der Waals surface area contributed by atoms with E-state index in [0.717, 1.165) is 11.3 Å². The van der Waals surface area contributed by atoms with Gasteiger partial charge in [-0.15, -0.1) is 0 Å². The first-order valence-electron chi connectivity index (χ1n) is 5.47. The van der Waals surface area contributed by atoms with Crippen molar-refractivity contribution >= 4 is 5.84 Å². The van der Waals surface area contributed by atoms with Crippen molar-refractivity contribution < 1.29 is 9.73 Å². The molecule has 0 saturated heterocycles. The number of hydrogen-bond acceptors (Lipinski definition) is 5. The predicted molar refractivity (Wildman–Crippen MR) is 66.0 cm³/mol. The number of amidine groups is 1. The zero-order valence-electron chi connectivity index (χ0n) is 9.71. The lowest BCUT2D eigenvalue weighted by molar-refractivity contribution is 0.318. The Bertz CT molecular complexity index is 523. The van der Waals surface area contributed by atoms with Crippen LogP contribution in [-0.4, -0.2) is 16.2 Å². The molecule has 94 valence electrons. The summed E-state index contributed by atoms with van der Waals surface area (Å²) in [6.07, 6.45) is 1.53. The van der Waals surface area contributed by atoms with Gasteiger partial charge in [-0.25, -0.2) is 0 Å². The van der Waals surface area contributed by atoms with Crippen molar-refractivity contribution in [1.29, 1.82) is 0 Å². The van der Waals surface area contributed by atoms with Gasteiger partial charge in [0.05, 0.1) is 5.69 Å². The van der Waals surface area contributed by atoms with Gasteiger partial charge in [0.25, 0.3) is 0 Å². The summed E-state index contributed by atoms with van der Waals surface area (Å²) in [7, 11) is 0. The van der Waals surface area contributed by atoms with E-state index in [1.807, 2.05) is 24.3 Å². The Kier molecular flexibility index (Phi) is 3.93. The molecule has 0 unspecified atom stereocenters. The molecule has 4 N–H and O–H groups in total. The number of benzene rings is 1. The van der Waals surface area contributed by atoms with E-state index in [1.165, 1.54) is 6.26 Å². The van der Waals surface area contributed by atoms with Gasteiger partial charge in [-0.3, -0.25) is 0 Å². The second-order valence-electron chi connectivity index (χ2n) is 3.74. The Hall–Kier alpha value is -2.34. The van der Waals surface area contributed by atoms with Gasteiger partial charge >= 0.3 is 0 Å². The molecule has 0 fully saturated rings. The van der Waals surface area contributed by atoms with Gasteiger partial charge < -0.3 is 20.8 Å². The number of oxime groups is 1. The Morgan fingerprint density at radius 3 is 2.89 bits per heavy atom. The molecular weight excluding hydrogens is 232 g/mol. The van der Waals surface area contributed by atoms with Crippen LogP contribution < -0.4 is 11.1 Å². The largest absolute Gasteiger partial charge is 0.409 e. The van der Waals surface area contributed by atoms with E-state index in [9.17, 15) is 0 Å². The molecule has 0 aliphatic carbocycles. The van der Waals surface area contributed by atoms with E-state index < -0.39 is 0 Å². The molecule has 0 aliphatic heterocycles. The molecule has 0 aliphatic rings. The van der Waals surface area contributed by atoms with Crippen molar-refractivity contribution in [2.75, 3.05) is 0 Å². The average molecular weight is 246 g/mol. The maximum Gasteiger partial charge on any atom is 0.170 e. The van der Waals surface area contributed by atoms with Gasteiger partial charge in [-0.1, -0.05) is 34.6 Å². The minimum Gasteiger partial charge on any atom is -0.409 e. The lowest BCUT2D eigenvalue weighted by atomic mass is 10.1. The maximum absolute atomic E-state index is 8.71. The minimum atomic E-state index is 0.105. The first kappa shape index (κ1) is 12.1. The van der Waals surface area contributed by atoms with Gasteiger partial charge in [0.1, 0.15) is 6.26 Å². The van der Waals surface area contributed by atoms with E-state index in [0.29, 0.717) is 18.7 Å². The fourth-order valence-electron chi connectivity index (χ4n) is 1.63. The molecule has 6 nitrogen and oxygen atoms in total. The number of hydrogen-bond donors (Lipinski definition) is 3. The lowest BCUT2D eigenvalue weighted by Gasteiger charge is -2.08. The highest BCUT2D eigenvalue weighted by Gasteiger charge is 2.06. The van der Waals surface area contributed by atoms with Crippen LogP contribution in [0.2, 0.25) is 0 Å². The van der Waals surface area contributed by atoms with Crippen LogP contribution in [0.3, 0.4) is 0 Å². The molecule has 0 saturated carbocycles. The van der Waals surface area contributed by atoms with Gasteiger partial charge in [-0.2, -0.15) is 0 Å². The van der Waals surface area contributed by atoms with Gasteiger partial charge in [0.2, 0.25) is 0 Å². The molecule has 0 amide bonds. The van der Waals surface area contributed by atoms with Crippen molar-refractivity contribution in [3.05, 3.63) is 53.4 Å². The fraction of sp³-hybridized carbons (Fsp3) is 0.167. The second kappa shape index (κ2) is 5.83. The van der Waals surface area contributed by atoms with E-state index >= 15 is 0 Å². The third kappa shape index (κ3) is 2.86. The molecule has 0 atom stereocenters. The molecule has 0 radical (unpaired) electrons. The number of aromatic nitrogens is 1. The highest BCUT2D eigenvalue weighted by Crippen LogP contribution is 2.08. The van der Waals surface area contributed by atoms with Crippen molar-refractivity contribution in [1.82, 2.24) is 10.5 Å². The molecule has 0 spiro atoms. The zero-order chi connectivity index (χ0) is 12.8. The van der Waals surface area contributed by atoms with Crippen molar-refractivity contribution in [3.8, 4) is 0 Å². The van der Waals surface area contributed by atoms with E-state index in [4.69, 9.17) is 15.5 Å². The smallest absolute Gasteiger partial charge is 0.170 e. The van der Waals surface area contributed by atoms with Crippen LogP contribution in [0.15, 0.2) is 46.3 Å². The summed E-state index contributed by atoms with van der Waals surface area (Å²) in [6.45, 7) is 1.19. The SMILES string of the molecule is N/C(=N/O)c1ccccc1CNCc1ccon1. The standard InChI is InChI=1S/C12H14N4O2/c13-12(15-17)11-4-2-1-3-9(11)7-14-8-10-5-6-18-16-10/h1-6,14,17H,7-8H2,(H2,13,15). The fourth-order valence-corrected chi connectivity index (χ4v) is 1.63. The van der Waals surface area contributed by atoms with Crippen LogP contribution in [0, 0.1) is 0 Å². The quantitative estimate of drug-likeness (QED) is 0.317. The van der Waals surface area contributed by atoms with E-state index in [1.54, 1.807) is 6.07 Å². The highest BCUT2D eigenvalue weighted by molar-refractivity contribution is 5.98. The number of nitrogens with one attached hydrogen (secondary N) is 1. The third-order valence-corrected chi connectivity index (χ3v) is 2.51. The van der Waals surface area contributed by atoms with Crippen molar-refractivity contribution in [3.63, 3.8) is 0 Å². The Balaban J connectivity index is 2.01. The minimum absolute atomic E-state index is 0.105. The zero-order valence-corrected chi connectivity index (χ0v) is 9.71. The summed E-state index contributed by atoms with van der Waals surface area (Å²) < 4.78 is 4.73. The molecule has 2 rings (SSSR count). The predicted octanol–water partition coefficient (Wildman–Crippen LogP) is 1.06. The van der Waals surface area contributed by atoms with Crippen molar-refractivity contribution in [2.24, 2.45) is 10.9 Å². The van der Waals surface area contributed by atoms with Crippen LogP contribution in [0.4, 0.5) is 0 Å². The average Bonchev–Trinajstić information content (AvgIpc) is 2.92. The van der Waals surface area contributed by atoms with Gasteiger partial charge in [0.15, 0.2) is 5.84 Å². The summed E-state index contributed by atoms with van der Waals surface area (Å²) in [4.78, 5) is 0. The van der Waals surface area contributed by atoms with E-state index in [2.05, 4.69) is 15.6 Å². The summed E-state index contributed by atoms with van der Waals surface area (Å²) in [5, 5.41) is 18.7. The normalized spacial score (nSPS) is 11.7. The highest BCUT2D eigenvalue weighted by atomic mass is 16.5. The molecule has 1 aromatic heterocycles. The number of nitrogens with two attached hydrogens (primary N) is 1. The molecular formula is C12H14N4O2. The third-order valence-electron chi connectivity index (χ3n) is 2.51. The molecule has 0 bridgehead atoms. The van der Waals surface area contributed by atoms with Crippen LogP contribution >= 0.6 is 0 Å². The Morgan fingerprint density at radius 1 is 1.33 bits per heavy atom. The maximum atomic E-state index is 8.71. The molecule has 18 heavy (non-hydrogen) atoms. The first-order valence-corrected chi connectivity index (χ1v) is 5.47. The van der Waals surface area contributed by atoms with Crippen LogP contribution in [-0.2, 0) is 13.1 Å². The molecule has 2 aromatic rings. The number of rotatable bonds is 5. The molecule has 1 aromatic carbocycles. The van der Waals surface area contributed by atoms with Gasteiger partial charge in [0, 0.05) is 24.7 Å².